The summed E-state index contributed by atoms with van der Waals surface area (Å²) in [6, 6.07) is 3.46. The number of carboxylic acids is 1. The largest absolute Gasteiger partial charge is 0.481 e. The van der Waals surface area contributed by atoms with Crippen molar-refractivity contribution in [3.8, 4) is 6.07 Å². The predicted octanol–water partition coefficient (Wildman–Crippen LogP) is 1.55. The maximum absolute atomic E-state index is 10.9. The molecule has 2 N–H and O–H groups in total. The molecule has 2 rings (SSSR count). The summed E-state index contributed by atoms with van der Waals surface area (Å²) < 4.78 is 0. The third-order valence-electron chi connectivity index (χ3n) is 3.20. The normalized spacial score (nSPS) is 17.1. The van der Waals surface area contributed by atoms with Gasteiger partial charge in [-0.2, -0.15) is 5.26 Å². The lowest BCUT2D eigenvalue weighted by atomic mass is 9.93. The van der Waals surface area contributed by atoms with E-state index in [2.05, 4.69) is 15.3 Å². The average molecular weight is 246 g/mol. The highest BCUT2D eigenvalue weighted by Gasteiger charge is 2.36. The van der Waals surface area contributed by atoms with Crippen LogP contribution in [0, 0.1) is 11.3 Å². The lowest BCUT2D eigenvalue weighted by molar-refractivity contribution is -0.138. The van der Waals surface area contributed by atoms with Gasteiger partial charge in [0.2, 0.25) is 5.95 Å². The van der Waals surface area contributed by atoms with Crippen LogP contribution in [-0.4, -0.2) is 26.6 Å². The molecule has 18 heavy (non-hydrogen) atoms. The highest BCUT2D eigenvalue weighted by atomic mass is 16.4. The van der Waals surface area contributed by atoms with Gasteiger partial charge >= 0.3 is 5.97 Å². The number of aromatic nitrogens is 2. The molecule has 1 aliphatic rings. The Labute approximate surface area is 105 Å². The van der Waals surface area contributed by atoms with E-state index < -0.39 is 11.5 Å². The average Bonchev–Trinajstić information content (AvgIpc) is 2.76. The van der Waals surface area contributed by atoms with Gasteiger partial charge < -0.3 is 10.4 Å². The molecule has 1 heterocycles. The van der Waals surface area contributed by atoms with E-state index in [1.54, 1.807) is 0 Å². The van der Waals surface area contributed by atoms with E-state index in [1.807, 2.05) is 6.07 Å². The van der Waals surface area contributed by atoms with Crippen molar-refractivity contribution in [2.75, 3.05) is 5.32 Å². The van der Waals surface area contributed by atoms with Gasteiger partial charge in [-0.3, -0.25) is 4.79 Å². The lowest BCUT2D eigenvalue weighted by Crippen LogP contribution is -2.38. The van der Waals surface area contributed by atoms with Crippen molar-refractivity contribution in [2.45, 2.75) is 37.6 Å². The van der Waals surface area contributed by atoms with Gasteiger partial charge in [0.05, 0.1) is 12.0 Å². The van der Waals surface area contributed by atoms with Gasteiger partial charge in [-0.15, -0.1) is 0 Å². The maximum Gasteiger partial charge on any atom is 0.305 e. The third kappa shape index (κ3) is 2.74. The Bertz CT molecular complexity index is 489. The second-order valence-corrected chi connectivity index (χ2v) is 4.56. The van der Waals surface area contributed by atoms with E-state index in [0.717, 1.165) is 25.7 Å². The van der Waals surface area contributed by atoms with Crippen LogP contribution in [0.5, 0.6) is 0 Å². The lowest BCUT2D eigenvalue weighted by Gasteiger charge is -2.28. The van der Waals surface area contributed by atoms with Gasteiger partial charge in [-0.1, -0.05) is 12.8 Å². The standard InChI is InChI=1S/C12H14N4O2/c13-8-9-3-6-14-11(15-9)16-12(7-10(17)18)4-1-2-5-12/h3,6H,1-2,4-5,7H2,(H,17,18)(H,14,15,16). The maximum atomic E-state index is 10.9. The zero-order valence-corrected chi connectivity index (χ0v) is 9.89. The molecule has 6 nitrogen and oxygen atoms in total. The molecule has 0 amide bonds. The first-order chi connectivity index (χ1) is 8.63. The van der Waals surface area contributed by atoms with Crippen LogP contribution in [0.1, 0.15) is 37.8 Å². The Balaban J connectivity index is 2.18. The summed E-state index contributed by atoms with van der Waals surface area (Å²) >= 11 is 0. The molecule has 1 aromatic heterocycles. The minimum Gasteiger partial charge on any atom is -0.481 e. The van der Waals surface area contributed by atoms with Crippen LogP contribution in [-0.2, 0) is 4.79 Å². The van der Waals surface area contributed by atoms with Crippen molar-refractivity contribution in [3.05, 3.63) is 18.0 Å². The van der Waals surface area contributed by atoms with Gasteiger partial charge in [-0.25, -0.2) is 9.97 Å². The Hall–Kier alpha value is -2.16. The van der Waals surface area contributed by atoms with Crippen molar-refractivity contribution >= 4 is 11.9 Å². The molecular formula is C12H14N4O2. The van der Waals surface area contributed by atoms with Crippen LogP contribution in [0.3, 0.4) is 0 Å². The highest BCUT2D eigenvalue weighted by molar-refractivity contribution is 5.69. The number of carbonyl (C=O) groups is 1. The fourth-order valence-electron chi connectivity index (χ4n) is 2.41. The summed E-state index contributed by atoms with van der Waals surface area (Å²) in [5, 5.41) is 20.9. The number of nitrogens with zero attached hydrogens (tertiary/aromatic N) is 3. The Morgan fingerprint density at radius 3 is 2.89 bits per heavy atom. The van der Waals surface area contributed by atoms with Gasteiger partial charge in [0, 0.05) is 6.20 Å². The summed E-state index contributed by atoms with van der Waals surface area (Å²) in [6.45, 7) is 0. The van der Waals surface area contributed by atoms with E-state index >= 15 is 0 Å². The topological polar surface area (TPSA) is 98.9 Å². The smallest absolute Gasteiger partial charge is 0.305 e. The summed E-state index contributed by atoms with van der Waals surface area (Å²) in [5.74, 6) is -0.502. The van der Waals surface area contributed by atoms with Crippen molar-refractivity contribution in [2.24, 2.45) is 0 Å². The van der Waals surface area contributed by atoms with Crippen LogP contribution in [0.4, 0.5) is 5.95 Å². The molecule has 0 unspecified atom stereocenters. The zero-order valence-electron chi connectivity index (χ0n) is 9.89. The molecule has 6 heteroatoms. The molecule has 1 aromatic rings. The highest BCUT2D eigenvalue weighted by Crippen LogP contribution is 2.35. The number of carboxylic acid groups (broad SMARTS) is 1. The van der Waals surface area contributed by atoms with Gasteiger partial charge in [0.25, 0.3) is 0 Å². The number of hydrogen-bond donors (Lipinski definition) is 2. The molecule has 0 atom stereocenters. The van der Waals surface area contributed by atoms with E-state index in [4.69, 9.17) is 10.4 Å². The Morgan fingerprint density at radius 1 is 1.56 bits per heavy atom. The number of rotatable bonds is 4. The predicted molar refractivity (Wildman–Crippen MR) is 63.8 cm³/mol. The van der Waals surface area contributed by atoms with Gasteiger partial charge in [0.1, 0.15) is 11.8 Å². The molecule has 1 fully saturated rings. The van der Waals surface area contributed by atoms with Crippen molar-refractivity contribution < 1.29 is 9.90 Å². The zero-order chi connectivity index (χ0) is 13.0. The van der Waals surface area contributed by atoms with E-state index in [-0.39, 0.29) is 12.1 Å². The summed E-state index contributed by atoms with van der Waals surface area (Å²) in [7, 11) is 0. The second-order valence-electron chi connectivity index (χ2n) is 4.56. The first kappa shape index (κ1) is 12.3. The molecule has 94 valence electrons. The van der Waals surface area contributed by atoms with Crippen LogP contribution in [0.2, 0.25) is 0 Å². The second kappa shape index (κ2) is 5.00. The number of anilines is 1. The summed E-state index contributed by atoms with van der Waals surface area (Å²) in [6.07, 6.45) is 5.12. The molecule has 0 aliphatic heterocycles. The summed E-state index contributed by atoms with van der Waals surface area (Å²) in [4.78, 5) is 19.0. The minimum absolute atomic E-state index is 0.0488. The fourth-order valence-corrected chi connectivity index (χ4v) is 2.41. The first-order valence-corrected chi connectivity index (χ1v) is 5.87. The Morgan fingerprint density at radius 2 is 2.28 bits per heavy atom. The SMILES string of the molecule is N#Cc1ccnc(NC2(CC(=O)O)CCCC2)n1. The first-order valence-electron chi connectivity index (χ1n) is 5.87. The van der Waals surface area contributed by atoms with E-state index in [9.17, 15) is 4.79 Å². The number of hydrogen-bond acceptors (Lipinski definition) is 5. The van der Waals surface area contributed by atoms with Crippen LogP contribution < -0.4 is 5.32 Å². The summed E-state index contributed by atoms with van der Waals surface area (Å²) in [5.41, 5.74) is -0.198. The van der Waals surface area contributed by atoms with Crippen LogP contribution in [0.15, 0.2) is 12.3 Å². The molecule has 0 radical (unpaired) electrons. The molecule has 1 saturated carbocycles. The monoisotopic (exact) mass is 246 g/mol. The van der Waals surface area contributed by atoms with Crippen LogP contribution in [0.25, 0.3) is 0 Å². The van der Waals surface area contributed by atoms with Crippen molar-refractivity contribution in [3.63, 3.8) is 0 Å². The molecule has 0 aromatic carbocycles. The molecule has 1 aliphatic carbocycles. The molecule has 0 spiro atoms. The quantitative estimate of drug-likeness (QED) is 0.836. The van der Waals surface area contributed by atoms with Crippen molar-refractivity contribution in [1.82, 2.24) is 9.97 Å². The number of nitrogens with one attached hydrogen (secondary N) is 1. The van der Waals surface area contributed by atoms with Gasteiger partial charge in [-0.05, 0) is 18.9 Å². The number of aliphatic carboxylic acids is 1. The fraction of sp³-hybridized carbons (Fsp3) is 0.500. The van der Waals surface area contributed by atoms with E-state index in [0.29, 0.717) is 5.95 Å². The van der Waals surface area contributed by atoms with Crippen molar-refractivity contribution in [1.29, 1.82) is 5.26 Å². The molecule has 0 saturated heterocycles. The van der Waals surface area contributed by atoms with E-state index in [1.165, 1.54) is 12.3 Å². The molecular weight excluding hydrogens is 232 g/mol. The minimum atomic E-state index is -0.833. The third-order valence-corrected chi connectivity index (χ3v) is 3.20. The number of nitriles is 1. The van der Waals surface area contributed by atoms with Gasteiger partial charge in [0.15, 0.2) is 0 Å². The molecule has 0 bridgehead atoms. The van der Waals surface area contributed by atoms with Crippen LogP contribution >= 0.6 is 0 Å². The Kier molecular flexibility index (Phi) is 3.42.